The van der Waals surface area contributed by atoms with Gasteiger partial charge in [0.2, 0.25) is 0 Å². The van der Waals surface area contributed by atoms with Gasteiger partial charge in [-0.2, -0.15) is 0 Å². The van der Waals surface area contributed by atoms with Gasteiger partial charge in [0, 0.05) is 18.5 Å². The van der Waals surface area contributed by atoms with Crippen molar-refractivity contribution in [2.75, 3.05) is 17.6 Å². The molecule has 3 nitrogen and oxygen atoms in total. The molecular weight excluding hydrogens is 182 g/mol. The molecule has 0 spiro atoms. The van der Waals surface area contributed by atoms with E-state index in [-0.39, 0.29) is 0 Å². The topological polar surface area (TPSA) is 37.3 Å². The van der Waals surface area contributed by atoms with Crippen LogP contribution in [0, 0.1) is 0 Å². The molecule has 0 radical (unpaired) electrons. The highest BCUT2D eigenvalue weighted by molar-refractivity contribution is 8.14. The molecule has 1 aromatic heterocycles. The summed E-state index contributed by atoms with van der Waals surface area (Å²) in [6, 6.07) is 3.90. The van der Waals surface area contributed by atoms with Gasteiger partial charge in [-0.1, -0.05) is 11.8 Å². The van der Waals surface area contributed by atoms with Gasteiger partial charge < -0.3 is 5.32 Å². The monoisotopic (exact) mass is 193 g/mol. The highest BCUT2D eigenvalue weighted by Gasteiger charge is 2.04. The van der Waals surface area contributed by atoms with Crippen LogP contribution in [-0.4, -0.2) is 22.4 Å². The van der Waals surface area contributed by atoms with Crippen LogP contribution in [0.5, 0.6) is 0 Å². The summed E-state index contributed by atoms with van der Waals surface area (Å²) in [5.41, 5.74) is 1.01. The van der Waals surface area contributed by atoms with Crippen LogP contribution in [0.1, 0.15) is 6.42 Å². The van der Waals surface area contributed by atoms with Crippen molar-refractivity contribution in [3.8, 4) is 0 Å². The fourth-order valence-corrected chi connectivity index (χ4v) is 1.93. The van der Waals surface area contributed by atoms with Gasteiger partial charge in [-0.05, 0) is 18.6 Å². The number of nitrogens with zero attached hydrogens (tertiary/aromatic N) is 2. The SMILES string of the molecule is c1cncc(NC2=NCCCS2)c1. The molecule has 1 aliphatic rings. The van der Waals surface area contributed by atoms with Gasteiger partial charge in [-0.25, -0.2) is 0 Å². The fraction of sp³-hybridized carbons (Fsp3) is 0.333. The van der Waals surface area contributed by atoms with Crippen LogP contribution in [0.3, 0.4) is 0 Å². The van der Waals surface area contributed by atoms with Crippen molar-refractivity contribution in [2.45, 2.75) is 6.42 Å². The molecule has 2 rings (SSSR count). The Kier molecular flexibility index (Phi) is 2.82. The number of amidine groups is 1. The van der Waals surface area contributed by atoms with Crippen LogP contribution in [0.15, 0.2) is 29.5 Å². The van der Waals surface area contributed by atoms with Crippen molar-refractivity contribution >= 4 is 22.6 Å². The molecule has 13 heavy (non-hydrogen) atoms. The van der Waals surface area contributed by atoms with Crippen molar-refractivity contribution in [1.82, 2.24) is 4.98 Å². The molecule has 68 valence electrons. The Balaban J connectivity index is 2.01. The van der Waals surface area contributed by atoms with E-state index in [9.17, 15) is 0 Å². The number of hydrogen-bond acceptors (Lipinski definition) is 4. The predicted molar refractivity (Wildman–Crippen MR) is 57.2 cm³/mol. The number of nitrogens with one attached hydrogen (secondary N) is 1. The maximum atomic E-state index is 4.37. The van der Waals surface area contributed by atoms with E-state index in [2.05, 4.69) is 15.3 Å². The lowest BCUT2D eigenvalue weighted by Gasteiger charge is -2.12. The Morgan fingerprint density at radius 3 is 3.15 bits per heavy atom. The van der Waals surface area contributed by atoms with Gasteiger partial charge in [0.15, 0.2) is 5.17 Å². The summed E-state index contributed by atoms with van der Waals surface area (Å²) in [6.07, 6.45) is 4.75. The third-order valence-electron chi connectivity index (χ3n) is 1.71. The second-order valence-electron chi connectivity index (χ2n) is 2.76. The maximum absolute atomic E-state index is 4.37. The quantitative estimate of drug-likeness (QED) is 0.741. The Bertz CT molecular complexity index is 297. The van der Waals surface area contributed by atoms with Crippen LogP contribution < -0.4 is 5.32 Å². The molecule has 0 saturated carbocycles. The molecule has 0 fully saturated rings. The lowest BCUT2D eigenvalue weighted by atomic mass is 10.4. The Morgan fingerprint density at radius 1 is 1.46 bits per heavy atom. The minimum atomic E-state index is 0.940. The van der Waals surface area contributed by atoms with Crippen molar-refractivity contribution < 1.29 is 0 Å². The van der Waals surface area contributed by atoms with E-state index in [0.717, 1.165) is 23.2 Å². The summed E-state index contributed by atoms with van der Waals surface area (Å²) < 4.78 is 0. The number of aromatic nitrogens is 1. The van der Waals surface area contributed by atoms with Gasteiger partial charge >= 0.3 is 0 Å². The van der Waals surface area contributed by atoms with E-state index in [1.165, 1.54) is 6.42 Å². The number of hydrogen-bond donors (Lipinski definition) is 1. The van der Waals surface area contributed by atoms with Crippen molar-refractivity contribution in [1.29, 1.82) is 0 Å². The third-order valence-corrected chi connectivity index (χ3v) is 2.71. The second-order valence-corrected chi connectivity index (χ2v) is 3.84. The van der Waals surface area contributed by atoms with E-state index in [4.69, 9.17) is 0 Å². The first-order valence-corrected chi connectivity index (χ1v) is 5.28. The van der Waals surface area contributed by atoms with Crippen molar-refractivity contribution in [2.24, 2.45) is 4.99 Å². The van der Waals surface area contributed by atoms with Crippen molar-refractivity contribution in [3.05, 3.63) is 24.5 Å². The number of thioether (sulfide) groups is 1. The van der Waals surface area contributed by atoms with E-state index >= 15 is 0 Å². The minimum Gasteiger partial charge on any atom is -0.334 e. The van der Waals surface area contributed by atoms with Gasteiger partial charge in [0.05, 0.1) is 11.9 Å². The van der Waals surface area contributed by atoms with Crippen molar-refractivity contribution in [3.63, 3.8) is 0 Å². The normalized spacial score (nSPS) is 16.5. The van der Waals surface area contributed by atoms with Gasteiger partial charge in [-0.3, -0.25) is 9.98 Å². The zero-order valence-electron chi connectivity index (χ0n) is 7.23. The molecule has 0 unspecified atom stereocenters. The number of pyridine rings is 1. The predicted octanol–water partition coefficient (Wildman–Crippen LogP) is 1.99. The van der Waals surface area contributed by atoms with Crippen LogP contribution in [-0.2, 0) is 0 Å². The summed E-state index contributed by atoms with van der Waals surface area (Å²) in [4.78, 5) is 8.39. The Hall–Kier alpha value is -1.03. The zero-order chi connectivity index (χ0) is 8.93. The smallest absolute Gasteiger partial charge is 0.161 e. The molecule has 1 N–H and O–H groups in total. The lowest BCUT2D eigenvalue weighted by molar-refractivity contribution is 0.938. The average Bonchev–Trinajstić information content (AvgIpc) is 2.21. The molecule has 0 bridgehead atoms. The van der Waals surface area contributed by atoms with Crippen LogP contribution in [0.25, 0.3) is 0 Å². The van der Waals surface area contributed by atoms with Crippen LogP contribution >= 0.6 is 11.8 Å². The van der Waals surface area contributed by atoms with E-state index in [1.807, 2.05) is 12.1 Å². The highest BCUT2D eigenvalue weighted by atomic mass is 32.2. The minimum absolute atomic E-state index is 0.940. The summed E-state index contributed by atoms with van der Waals surface area (Å²) >= 11 is 1.77. The molecule has 0 saturated heterocycles. The average molecular weight is 193 g/mol. The molecule has 0 amide bonds. The first-order valence-electron chi connectivity index (χ1n) is 4.29. The highest BCUT2D eigenvalue weighted by Crippen LogP contribution is 2.14. The molecule has 1 aromatic rings. The summed E-state index contributed by atoms with van der Waals surface area (Å²) in [5.74, 6) is 1.16. The van der Waals surface area contributed by atoms with Gasteiger partial charge in [0.1, 0.15) is 0 Å². The molecule has 4 heteroatoms. The maximum Gasteiger partial charge on any atom is 0.161 e. The number of aliphatic imine (C=N–C) groups is 1. The summed E-state index contributed by atoms with van der Waals surface area (Å²) in [7, 11) is 0. The Morgan fingerprint density at radius 2 is 2.46 bits per heavy atom. The molecule has 2 heterocycles. The Labute approximate surface area is 81.7 Å². The molecule has 0 aliphatic carbocycles. The first kappa shape index (κ1) is 8.56. The standard InChI is InChI=1S/C9H11N3S/c1-3-8(7-10-4-1)12-9-11-5-2-6-13-9/h1,3-4,7H,2,5-6H2,(H,11,12). The molecule has 1 aliphatic heterocycles. The second kappa shape index (κ2) is 4.28. The summed E-state index contributed by atoms with van der Waals surface area (Å²) in [5, 5.41) is 4.24. The first-order chi connectivity index (χ1) is 6.45. The van der Waals surface area contributed by atoms with Crippen LogP contribution in [0.2, 0.25) is 0 Å². The molecule has 0 atom stereocenters. The van der Waals surface area contributed by atoms with Gasteiger partial charge in [-0.15, -0.1) is 0 Å². The number of anilines is 1. The molecular formula is C9H11N3S. The zero-order valence-corrected chi connectivity index (χ0v) is 8.05. The molecule has 0 aromatic carbocycles. The third kappa shape index (κ3) is 2.45. The van der Waals surface area contributed by atoms with E-state index in [0.29, 0.717) is 0 Å². The van der Waals surface area contributed by atoms with E-state index < -0.39 is 0 Å². The number of rotatable bonds is 1. The van der Waals surface area contributed by atoms with Gasteiger partial charge in [0.25, 0.3) is 0 Å². The lowest BCUT2D eigenvalue weighted by Crippen LogP contribution is -2.13. The fourth-order valence-electron chi connectivity index (χ4n) is 1.10. The van der Waals surface area contributed by atoms with E-state index in [1.54, 1.807) is 24.2 Å². The summed E-state index contributed by atoms with van der Waals surface area (Å²) in [6.45, 7) is 0.940. The largest absolute Gasteiger partial charge is 0.334 e. The van der Waals surface area contributed by atoms with Crippen LogP contribution in [0.4, 0.5) is 5.69 Å².